The van der Waals surface area contributed by atoms with Crippen molar-refractivity contribution in [3.05, 3.63) is 36.0 Å². The van der Waals surface area contributed by atoms with Gasteiger partial charge in [-0.15, -0.1) is 0 Å². The van der Waals surface area contributed by atoms with Crippen LogP contribution >= 0.6 is 0 Å². The van der Waals surface area contributed by atoms with Gasteiger partial charge in [-0.2, -0.15) is 0 Å². The molecule has 1 aromatic heterocycles. The number of rotatable bonds is 0. The third-order valence-corrected chi connectivity index (χ3v) is 1.67. The zero-order valence-electron chi connectivity index (χ0n) is 5.17. The van der Waals surface area contributed by atoms with Crippen LogP contribution in [0.3, 0.4) is 0 Å². The summed E-state index contributed by atoms with van der Waals surface area (Å²) in [6.07, 6.45) is 6.41. The second-order valence-corrected chi connectivity index (χ2v) is 2.28. The molecule has 1 aliphatic rings. The molecule has 0 saturated heterocycles. The summed E-state index contributed by atoms with van der Waals surface area (Å²) >= 11 is 0. The Morgan fingerprint density at radius 3 is 3.33 bits per heavy atom. The van der Waals surface area contributed by atoms with Crippen LogP contribution in [0, 0.1) is 6.42 Å². The Morgan fingerprint density at radius 1 is 1.44 bits per heavy atom. The quantitative estimate of drug-likeness (QED) is 0.504. The molecule has 1 heteroatoms. The fourth-order valence-corrected chi connectivity index (χ4v) is 1.21. The number of hydrogen-bond donors (Lipinski definition) is 0. The molecular weight excluding hydrogens is 110 g/mol. The summed E-state index contributed by atoms with van der Waals surface area (Å²) in [6, 6.07) is 4.11. The monoisotopic (exact) mass is 118 g/mol. The first-order valence-electron chi connectivity index (χ1n) is 3.24. The highest BCUT2D eigenvalue weighted by Gasteiger charge is 2.09. The van der Waals surface area contributed by atoms with Crippen molar-refractivity contribution in [2.45, 2.75) is 12.8 Å². The Morgan fingerprint density at radius 2 is 2.44 bits per heavy atom. The van der Waals surface area contributed by atoms with E-state index in [1.165, 1.54) is 17.7 Å². The number of hydrogen-bond acceptors (Lipinski definition) is 1. The van der Waals surface area contributed by atoms with Crippen LogP contribution in [-0.4, -0.2) is 4.98 Å². The van der Waals surface area contributed by atoms with Crippen LogP contribution in [0.25, 0.3) is 0 Å². The maximum Gasteiger partial charge on any atom is 0.0438 e. The van der Waals surface area contributed by atoms with Crippen molar-refractivity contribution in [2.75, 3.05) is 0 Å². The predicted octanol–water partition coefficient (Wildman–Crippen LogP) is 1.58. The smallest absolute Gasteiger partial charge is 0.0438 e. The first-order chi connectivity index (χ1) is 4.47. The van der Waals surface area contributed by atoms with E-state index in [1.807, 2.05) is 12.3 Å². The minimum Gasteiger partial charge on any atom is -0.261 e. The molecule has 0 aliphatic heterocycles. The molecule has 2 rings (SSSR count). The fraction of sp³-hybridized carbons (Fsp3) is 0.250. The second-order valence-electron chi connectivity index (χ2n) is 2.28. The second kappa shape index (κ2) is 1.83. The number of nitrogens with zero attached hydrogens (tertiary/aromatic N) is 1. The highest BCUT2D eigenvalue weighted by Crippen LogP contribution is 2.19. The third kappa shape index (κ3) is 0.727. The highest BCUT2D eigenvalue weighted by molar-refractivity contribution is 5.31. The number of aryl methyl sites for hydroxylation is 1. The first kappa shape index (κ1) is 4.98. The molecule has 1 aliphatic carbocycles. The van der Waals surface area contributed by atoms with Crippen molar-refractivity contribution in [2.24, 2.45) is 0 Å². The van der Waals surface area contributed by atoms with Gasteiger partial charge in [0.2, 0.25) is 0 Å². The molecule has 1 radical (unpaired) electrons. The number of fused-ring (bicyclic) bond motifs is 1. The zero-order valence-corrected chi connectivity index (χ0v) is 5.17. The third-order valence-electron chi connectivity index (χ3n) is 1.67. The molecule has 0 amide bonds. The van der Waals surface area contributed by atoms with Crippen molar-refractivity contribution < 1.29 is 0 Å². The lowest BCUT2D eigenvalue weighted by molar-refractivity contribution is 0.988. The van der Waals surface area contributed by atoms with Crippen LogP contribution in [0.1, 0.15) is 17.7 Å². The van der Waals surface area contributed by atoms with E-state index in [2.05, 4.69) is 17.5 Å². The van der Waals surface area contributed by atoms with Gasteiger partial charge in [-0.3, -0.25) is 4.98 Å². The van der Waals surface area contributed by atoms with E-state index in [0.717, 1.165) is 6.42 Å². The topological polar surface area (TPSA) is 12.9 Å². The fourth-order valence-electron chi connectivity index (χ4n) is 1.21. The van der Waals surface area contributed by atoms with Crippen LogP contribution in [0.4, 0.5) is 0 Å². The first-order valence-corrected chi connectivity index (χ1v) is 3.24. The van der Waals surface area contributed by atoms with Crippen molar-refractivity contribution in [1.29, 1.82) is 0 Å². The van der Waals surface area contributed by atoms with Gasteiger partial charge in [0.1, 0.15) is 0 Å². The Hall–Kier alpha value is -0.850. The van der Waals surface area contributed by atoms with Gasteiger partial charge in [-0.25, -0.2) is 0 Å². The normalized spacial score (nSPS) is 15.6. The zero-order chi connectivity index (χ0) is 6.10. The van der Waals surface area contributed by atoms with Gasteiger partial charge in [-0.1, -0.05) is 6.07 Å². The summed E-state index contributed by atoms with van der Waals surface area (Å²) in [6.45, 7) is 0. The lowest BCUT2D eigenvalue weighted by Gasteiger charge is -1.91. The molecule has 0 spiro atoms. The van der Waals surface area contributed by atoms with E-state index in [0.29, 0.717) is 0 Å². The predicted molar refractivity (Wildman–Crippen MR) is 36.0 cm³/mol. The molecule has 0 saturated carbocycles. The van der Waals surface area contributed by atoms with Gasteiger partial charge in [0, 0.05) is 11.9 Å². The molecular formula is C8H8N. The minimum atomic E-state index is 1.14. The van der Waals surface area contributed by atoms with Crippen LogP contribution in [-0.2, 0) is 6.42 Å². The van der Waals surface area contributed by atoms with Crippen molar-refractivity contribution in [3.8, 4) is 0 Å². The lowest BCUT2D eigenvalue weighted by atomic mass is 10.2. The molecule has 0 N–H and O–H groups in total. The van der Waals surface area contributed by atoms with Crippen molar-refractivity contribution >= 4 is 0 Å². The lowest BCUT2D eigenvalue weighted by Crippen LogP contribution is -1.83. The van der Waals surface area contributed by atoms with E-state index in [1.54, 1.807) is 0 Å². The molecule has 0 aromatic carbocycles. The van der Waals surface area contributed by atoms with Gasteiger partial charge in [0.15, 0.2) is 0 Å². The van der Waals surface area contributed by atoms with Crippen molar-refractivity contribution in [3.63, 3.8) is 0 Å². The molecule has 45 valence electrons. The summed E-state index contributed by atoms with van der Waals surface area (Å²) < 4.78 is 0. The van der Waals surface area contributed by atoms with Crippen LogP contribution < -0.4 is 0 Å². The largest absolute Gasteiger partial charge is 0.261 e. The molecule has 1 nitrogen and oxygen atoms in total. The van der Waals surface area contributed by atoms with E-state index in [9.17, 15) is 0 Å². The standard InChI is InChI=1S/C8H8N/c1-3-7-4-2-6-9-8(7)5-1/h2-4,6H,1,5H2. The minimum absolute atomic E-state index is 1.14. The van der Waals surface area contributed by atoms with E-state index >= 15 is 0 Å². The molecule has 9 heavy (non-hydrogen) atoms. The number of pyridine rings is 1. The van der Waals surface area contributed by atoms with Crippen LogP contribution in [0.15, 0.2) is 18.3 Å². The van der Waals surface area contributed by atoms with Crippen LogP contribution in [0.2, 0.25) is 0 Å². The maximum atomic E-state index is 4.23. The van der Waals surface area contributed by atoms with Gasteiger partial charge in [0.05, 0.1) is 0 Å². The van der Waals surface area contributed by atoms with Gasteiger partial charge in [0.25, 0.3) is 0 Å². The van der Waals surface area contributed by atoms with Gasteiger partial charge in [-0.05, 0) is 30.9 Å². The summed E-state index contributed by atoms with van der Waals surface area (Å²) in [4.78, 5) is 4.23. The molecule has 0 atom stereocenters. The maximum absolute atomic E-state index is 4.23. The molecule has 1 aromatic rings. The Balaban J connectivity index is 2.54. The van der Waals surface area contributed by atoms with Crippen molar-refractivity contribution in [1.82, 2.24) is 4.98 Å². The SMILES string of the molecule is [CH]1CCc2ncccc21. The van der Waals surface area contributed by atoms with Gasteiger partial charge >= 0.3 is 0 Å². The average Bonchev–Trinajstić information content (AvgIpc) is 2.33. The molecule has 1 heterocycles. The van der Waals surface area contributed by atoms with Crippen LogP contribution in [0.5, 0.6) is 0 Å². The summed E-state index contributed by atoms with van der Waals surface area (Å²) in [5, 5.41) is 0. The Bertz CT molecular complexity index is 195. The van der Waals surface area contributed by atoms with E-state index < -0.39 is 0 Å². The number of aromatic nitrogens is 1. The summed E-state index contributed by atoms with van der Waals surface area (Å²) in [7, 11) is 0. The highest BCUT2D eigenvalue weighted by atomic mass is 14.7. The molecule has 0 fully saturated rings. The Kier molecular flexibility index (Phi) is 1.01. The summed E-state index contributed by atoms with van der Waals surface area (Å²) in [5.41, 5.74) is 2.59. The van der Waals surface area contributed by atoms with E-state index in [4.69, 9.17) is 0 Å². The molecule has 0 unspecified atom stereocenters. The average molecular weight is 118 g/mol. The summed E-state index contributed by atoms with van der Waals surface area (Å²) in [5.74, 6) is 0. The Labute approximate surface area is 54.7 Å². The van der Waals surface area contributed by atoms with E-state index in [-0.39, 0.29) is 0 Å². The molecule has 0 bridgehead atoms. The van der Waals surface area contributed by atoms with Gasteiger partial charge < -0.3 is 0 Å².